The molecule has 94 valence electrons. The van der Waals surface area contributed by atoms with E-state index in [1.165, 1.54) is 6.20 Å². The van der Waals surface area contributed by atoms with Crippen LogP contribution >= 0.6 is 15.9 Å². The number of aromatic nitrogens is 2. The molecule has 0 aliphatic rings. The second-order valence-corrected chi connectivity index (χ2v) is 4.70. The van der Waals surface area contributed by atoms with Crippen LogP contribution in [-0.4, -0.2) is 16.5 Å². The molecule has 3 nitrogen and oxygen atoms in total. The van der Waals surface area contributed by atoms with Gasteiger partial charge in [0, 0.05) is 22.4 Å². The lowest BCUT2D eigenvalue weighted by atomic mass is 10.0. The highest BCUT2D eigenvalue weighted by Gasteiger charge is 2.17. The highest BCUT2D eigenvalue weighted by Crippen LogP contribution is 2.23. The van der Waals surface area contributed by atoms with E-state index in [0.29, 0.717) is 5.56 Å². The van der Waals surface area contributed by atoms with Gasteiger partial charge in [-0.2, -0.15) is 0 Å². The molecule has 1 N–H and O–H groups in total. The molecule has 0 radical (unpaired) electrons. The average molecular weight is 310 g/mol. The number of hydrogen-bond donors (Lipinski definition) is 1. The molecule has 0 saturated heterocycles. The molecule has 18 heavy (non-hydrogen) atoms. The summed E-state index contributed by atoms with van der Waals surface area (Å²) in [5.41, 5.74) is 1.34. The molecule has 2 rings (SSSR count). The topological polar surface area (TPSA) is 37.8 Å². The number of nitrogens with one attached hydrogen (secondary N) is 1. The van der Waals surface area contributed by atoms with Crippen LogP contribution in [0.4, 0.5) is 4.39 Å². The highest BCUT2D eigenvalue weighted by atomic mass is 79.9. The maximum absolute atomic E-state index is 13.8. The molecule has 0 fully saturated rings. The van der Waals surface area contributed by atoms with Crippen LogP contribution in [-0.2, 0) is 0 Å². The first-order valence-corrected chi connectivity index (χ1v) is 6.46. The lowest BCUT2D eigenvalue weighted by Crippen LogP contribution is -2.24. The van der Waals surface area contributed by atoms with E-state index in [0.717, 1.165) is 16.7 Å². The van der Waals surface area contributed by atoms with E-state index in [2.05, 4.69) is 31.2 Å². The van der Waals surface area contributed by atoms with Gasteiger partial charge in [-0.1, -0.05) is 6.92 Å². The van der Waals surface area contributed by atoms with Crippen LogP contribution in [0, 0.1) is 5.82 Å². The van der Waals surface area contributed by atoms with E-state index in [1.54, 1.807) is 18.5 Å². The lowest BCUT2D eigenvalue weighted by molar-refractivity contribution is 0.548. The Morgan fingerprint density at radius 2 is 2.17 bits per heavy atom. The van der Waals surface area contributed by atoms with Gasteiger partial charge in [0.05, 0.1) is 17.9 Å². The largest absolute Gasteiger partial charge is 0.305 e. The Morgan fingerprint density at radius 1 is 1.33 bits per heavy atom. The van der Waals surface area contributed by atoms with Gasteiger partial charge >= 0.3 is 0 Å². The molecule has 0 bridgehead atoms. The average Bonchev–Trinajstić information content (AvgIpc) is 2.38. The second kappa shape index (κ2) is 6.02. The van der Waals surface area contributed by atoms with E-state index in [4.69, 9.17) is 0 Å². The molecule has 0 spiro atoms. The van der Waals surface area contributed by atoms with E-state index in [9.17, 15) is 4.39 Å². The summed E-state index contributed by atoms with van der Waals surface area (Å²) in [6.07, 6.45) is 4.51. The van der Waals surface area contributed by atoms with Gasteiger partial charge < -0.3 is 5.32 Å². The number of hydrogen-bond acceptors (Lipinski definition) is 3. The summed E-state index contributed by atoms with van der Waals surface area (Å²) in [6, 6.07) is 5.18. The van der Waals surface area contributed by atoms with Crippen molar-refractivity contribution in [3.05, 3.63) is 58.3 Å². The Balaban J connectivity index is 2.40. The SMILES string of the molecule is CCNC(c1ccc(Br)cn1)c1ccncc1F. The van der Waals surface area contributed by atoms with Gasteiger partial charge in [0.25, 0.3) is 0 Å². The van der Waals surface area contributed by atoms with Crippen molar-refractivity contribution in [1.82, 2.24) is 15.3 Å². The Bertz CT molecular complexity index is 516. The van der Waals surface area contributed by atoms with Crippen LogP contribution in [0.25, 0.3) is 0 Å². The van der Waals surface area contributed by atoms with E-state index in [1.807, 2.05) is 19.1 Å². The van der Waals surface area contributed by atoms with Crippen molar-refractivity contribution in [1.29, 1.82) is 0 Å². The maximum atomic E-state index is 13.8. The molecule has 0 amide bonds. The molecule has 0 aromatic carbocycles. The Labute approximate surface area is 114 Å². The first-order valence-electron chi connectivity index (χ1n) is 5.66. The van der Waals surface area contributed by atoms with Crippen molar-refractivity contribution in [3.8, 4) is 0 Å². The van der Waals surface area contributed by atoms with Crippen LogP contribution in [0.5, 0.6) is 0 Å². The summed E-state index contributed by atoms with van der Waals surface area (Å²) >= 11 is 3.34. The van der Waals surface area contributed by atoms with Gasteiger partial charge in [0.1, 0.15) is 5.82 Å². The van der Waals surface area contributed by atoms with E-state index < -0.39 is 0 Å². The van der Waals surface area contributed by atoms with Crippen molar-refractivity contribution in [2.75, 3.05) is 6.54 Å². The lowest BCUT2D eigenvalue weighted by Gasteiger charge is -2.18. The van der Waals surface area contributed by atoms with Gasteiger partial charge in [-0.3, -0.25) is 9.97 Å². The zero-order valence-corrected chi connectivity index (χ0v) is 11.5. The number of pyridine rings is 2. The van der Waals surface area contributed by atoms with Crippen molar-refractivity contribution in [2.24, 2.45) is 0 Å². The first-order chi connectivity index (χ1) is 8.72. The summed E-state index contributed by atoms with van der Waals surface area (Å²) in [5.74, 6) is -0.326. The molecule has 0 saturated carbocycles. The molecule has 2 aromatic rings. The highest BCUT2D eigenvalue weighted by molar-refractivity contribution is 9.10. The summed E-state index contributed by atoms with van der Waals surface area (Å²) in [4.78, 5) is 8.08. The van der Waals surface area contributed by atoms with Crippen LogP contribution in [0.2, 0.25) is 0 Å². The fourth-order valence-corrected chi connectivity index (χ4v) is 1.99. The summed E-state index contributed by atoms with van der Waals surface area (Å²) in [5, 5.41) is 3.23. The minimum absolute atomic E-state index is 0.258. The molecular formula is C13H13BrFN3. The third kappa shape index (κ3) is 2.91. The summed E-state index contributed by atoms with van der Waals surface area (Å²) in [7, 11) is 0. The number of halogens is 2. The van der Waals surface area contributed by atoms with Crippen molar-refractivity contribution in [3.63, 3.8) is 0 Å². The van der Waals surface area contributed by atoms with Crippen molar-refractivity contribution < 1.29 is 4.39 Å². The van der Waals surface area contributed by atoms with E-state index >= 15 is 0 Å². The van der Waals surface area contributed by atoms with Crippen LogP contribution in [0.3, 0.4) is 0 Å². The molecule has 0 aliphatic heterocycles. The summed E-state index contributed by atoms with van der Waals surface area (Å²) < 4.78 is 14.7. The fourth-order valence-electron chi connectivity index (χ4n) is 1.76. The summed E-state index contributed by atoms with van der Waals surface area (Å²) in [6.45, 7) is 2.70. The third-order valence-electron chi connectivity index (χ3n) is 2.57. The van der Waals surface area contributed by atoms with Crippen LogP contribution < -0.4 is 5.32 Å². The van der Waals surface area contributed by atoms with Crippen molar-refractivity contribution in [2.45, 2.75) is 13.0 Å². The zero-order chi connectivity index (χ0) is 13.0. The molecule has 1 unspecified atom stereocenters. The standard InChI is InChI=1S/C13H13BrFN3/c1-2-17-13(10-5-6-16-8-11(10)15)12-4-3-9(14)7-18-12/h3-8,13,17H,2H2,1H3. The second-order valence-electron chi connectivity index (χ2n) is 3.79. The fraction of sp³-hybridized carbons (Fsp3) is 0.231. The molecular weight excluding hydrogens is 297 g/mol. The Kier molecular flexibility index (Phi) is 4.38. The van der Waals surface area contributed by atoms with Gasteiger partial charge in [0.2, 0.25) is 0 Å². The van der Waals surface area contributed by atoms with Crippen molar-refractivity contribution >= 4 is 15.9 Å². The molecule has 5 heteroatoms. The van der Waals surface area contributed by atoms with Gasteiger partial charge in [-0.15, -0.1) is 0 Å². The minimum Gasteiger partial charge on any atom is -0.305 e. The zero-order valence-electron chi connectivity index (χ0n) is 9.90. The molecule has 2 aromatic heterocycles. The Hall–Kier alpha value is -1.33. The predicted molar refractivity (Wildman–Crippen MR) is 71.7 cm³/mol. The molecule has 0 aliphatic carbocycles. The van der Waals surface area contributed by atoms with Crippen LogP contribution in [0.1, 0.15) is 24.2 Å². The molecule has 2 heterocycles. The minimum atomic E-state index is -0.326. The predicted octanol–water partition coefficient (Wildman–Crippen LogP) is 3.08. The van der Waals surface area contributed by atoms with Crippen LogP contribution in [0.15, 0.2) is 41.3 Å². The Morgan fingerprint density at radius 3 is 2.78 bits per heavy atom. The normalized spacial score (nSPS) is 12.4. The van der Waals surface area contributed by atoms with E-state index in [-0.39, 0.29) is 11.9 Å². The smallest absolute Gasteiger partial charge is 0.146 e. The monoisotopic (exact) mass is 309 g/mol. The van der Waals surface area contributed by atoms with Gasteiger partial charge in [-0.25, -0.2) is 4.39 Å². The number of nitrogens with zero attached hydrogens (tertiary/aromatic N) is 2. The third-order valence-corrected chi connectivity index (χ3v) is 3.04. The maximum Gasteiger partial charge on any atom is 0.146 e. The molecule has 1 atom stereocenters. The van der Waals surface area contributed by atoms with Gasteiger partial charge in [0.15, 0.2) is 0 Å². The van der Waals surface area contributed by atoms with Gasteiger partial charge in [-0.05, 0) is 40.7 Å². The first kappa shape index (κ1) is 13.1. The number of rotatable bonds is 4. The quantitative estimate of drug-likeness (QED) is 0.943.